The summed E-state index contributed by atoms with van der Waals surface area (Å²) >= 11 is 0. The summed E-state index contributed by atoms with van der Waals surface area (Å²) in [7, 11) is 0. The van der Waals surface area contributed by atoms with Gasteiger partial charge in [0.15, 0.2) is 0 Å². The van der Waals surface area contributed by atoms with Crippen molar-refractivity contribution in [3.05, 3.63) is 64.1 Å². The average molecular weight is 465 g/mol. The second kappa shape index (κ2) is 9.39. The number of halogens is 1. The molecule has 2 aliphatic rings. The largest absolute Gasteiger partial charge is 0.395 e. The summed E-state index contributed by atoms with van der Waals surface area (Å²) in [5.74, 6) is 0.308. The van der Waals surface area contributed by atoms with Crippen LogP contribution >= 0.6 is 0 Å². The van der Waals surface area contributed by atoms with Crippen molar-refractivity contribution in [3.8, 4) is 0 Å². The molecule has 0 unspecified atom stereocenters. The number of hydrogen-bond acceptors (Lipinski definition) is 4. The summed E-state index contributed by atoms with van der Waals surface area (Å²) in [5, 5.41) is 13.8. The Bertz CT molecular complexity index is 1210. The predicted octanol–water partition coefficient (Wildman–Crippen LogP) is 4.16. The van der Waals surface area contributed by atoms with Gasteiger partial charge in [-0.15, -0.1) is 0 Å². The van der Waals surface area contributed by atoms with Gasteiger partial charge in [0.1, 0.15) is 5.82 Å². The zero-order valence-electron chi connectivity index (χ0n) is 20.0. The minimum absolute atomic E-state index is 0.0345. The number of carbonyl (C=O) groups is 1. The molecule has 0 radical (unpaired) electrons. The van der Waals surface area contributed by atoms with Crippen LogP contribution in [0.5, 0.6) is 0 Å². The third-order valence-electron chi connectivity index (χ3n) is 7.33. The third-order valence-corrected chi connectivity index (χ3v) is 7.33. The molecule has 1 aliphatic heterocycles. The van der Waals surface area contributed by atoms with Crippen molar-refractivity contribution >= 4 is 22.5 Å². The minimum atomic E-state index is -0.185. The summed E-state index contributed by atoms with van der Waals surface area (Å²) in [4.78, 5) is 21.0. The number of rotatable bonds is 7. The van der Waals surface area contributed by atoms with E-state index in [0.717, 1.165) is 64.9 Å². The summed E-state index contributed by atoms with van der Waals surface area (Å²) in [6, 6.07) is 9.01. The highest BCUT2D eigenvalue weighted by atomic mass is 19.1. The van der Waals surface area contributed by atoms with E-state index >= 15 is 0 Å². The molecule has 3 aromatic rings. The number of aromatic amines is 1. The number of aromatic nitrogens is 1. The fourth-order valence-corrected chi connectivity index (χ4v) is 5.01. The van der Waals surface area contributed by atoms with Crippen LogP contribution in [0, 0.1) is 19.7 Å². The molecule has 3 N–H and O–H groups in total. The maximum Gasteiger partial charge on any atom is 0.254 e. The molecule has 1 aromatic heterocycles. The smallest absolute Gasteiger partial charge is 0.254 e. The average Bonchev–Trinajstić information content (AvgIpc) is 3.64. The number of β-amino-alcohol motifs (C(OH)–C–C–N with tert-alkyl or cyclic N) is 1. The number of H-pyrrole nitrogens is 1. The highest BCUT2D eigenvalue weighted by Gasteiger charge is 2.27. The molecule has 1 saturated heterocycles. The van der Waals surface area contributed by atoms with Crippen molar-refractivity contribution in [1.82, 2.24) is 14.8 Å². The molecule has 1 amide bonds. The van der Waals surface area contributed by atoms with E-state index in [4.69, 9.17) is 0 Å². The fourth-order valence-electron chi connectivity index (χ4n) is 5.01. The zero-order chi connectivity index (χ0) is 23.8. The molecule has 2 aromatic carbocycles. The monoisotopic (exact) mass is 464 g/mol. The lowest BCUT2D eigenvalue weighted by atomic mass is 10.0. The second-order valence-electron chi connectivity index (χ2n) is 9.65. The number of aliphatic hydroxyl groups excluding tert-OH is 1. The Morgan fingerprint density at radius 3 is 2.62 bits per heavy atom. The van der Waals surface area contributed by atoms with Crippen LogP contribution in [-0.2, 0) is 6.54 Å². The molecule has 2 heterocycles. The van der Waals surface area contributed by atoms with Gasteiger partial charge < -0.3 is 20.3 Å². The standard InChI is InChI=1S/C27H33FN4O2/c1-17-18(2)30-26-23(17)13-21(27(34)32-9-7-31(8-10-32)11-12-33)14-25(26)29-16-20-5-6-22(28)15-24(20)19-3-4-19/h5-6,13-15,19,29-30,33H,3-4,7-12,16H2,1-2H3. The maximum atomic E-state index is 13.9. The van der Waals surface area contributed by atoms with Crippen LogP contribution in [0.2, 0.25) is 0 Å². The summed E-state index contributed by atoms with van der Waals surface area (Å²) in [5.41, 5.74) is 6.98. The van der Waals surface area contributed by atoms with Gasteiger partial charge in [-0.05, 0) is 73.6 Å². The Morgan fingerprint density at radius 1 is 1.15 bits per heavy atom. The van der Waals surface area contributed by atoms with Gasteiger partial charge in [-0.1, -0.05) is 6.07 Å². The highest BCUT2D eigenvalue weighted by Crippen LogP contribution is 2.42. The topological polar surface area (TPSA) is 71.6 Å². The Labute approximate surface area is 199 Å². The van der Waals surface area contributed by atoms with E-state index in [1.54, 1.807) is 6.07 Å². The maximum absolute atomic E-state index is 13.9. The van der Waals surface area contributed by atoms with E-state index in [9.17, 15) is 14.3 Å². The molecule has 34 heavy (non-hydrogen) atoms. The molecule has 0 bridgehead atoms. The van der Waals surface area contributed by atoms with Gasteiger partial charge in [0.2, 0.25) is 0 Å². The number of aliphatic hydroxyl groups is 1. The van der Waals surface area contributed by atoms with Gasteiger partial charge in [-0.25, -0.2) is 4.39 Å². The Morgan fingerprint density at radius 2 is 1.91 bits per heavy atom. The van der Waals surface area contributed by atoms with Crippen LogP contribution in [0.3, 0.4) is 0 Å². The number of nitrogens with one attached hydrogen (secondary N) is 2. The molecule has 1 aliphatic carbocycles. The van der Waals surface area contributed by atoms with Gasteiger partial charge in [-0.2, -0.15) is 0 Å². The molecular formula is C27H33FN4O2. The molecule has 7 heteroatoms. The van der Waals surface area contributed by atoms with Crippen LogP contribution in [0.25, 0.3) is 10.9 Å². The first kappa shape index (κ1) is 22.9. The van der Waals surface area contributed by atoms with Crippen molar-refractivity contribution < 1.29 is 14.3 Å². The number of hydrogen-bond donors (Lipinski definition) is 3. The van der Waals surface area contributed by atoms with Gasteiger partial charge in [-0.3, -0.25) is 9.69 Å². The van der Waals surface area contributed by atoms with E-state index in [1.165, 1.54) is 6.07 Å². The molecule has 2 fully saturated rings. The fraction of sp³-hybridized carbons (Fsp3) is 0.444. The van der Waals surface area contributed by atoms with E-state index in [1.807, 2.05) is 30.0 Å². The molecule has 0 atom stereocenters. The highest BCUT2D eigenvalue weighted by molar-refractivity contribution is 6.03. The van der Waals surface area contributed by atoms with Gasteiger partial charge in [0, 0.05) is 55.9 Å². The quantitative estimate of drug-likeness (QED) is 0.491. The summed E-state index contributed by atoms with van der Waals surface area (Å²) in [6.07, 6.45) is 2.23. The van der Waals surface area contributed by atoms with Crippen LogP contribution < -0.4 is 5.32 Å². The number of fused-ring (bicyclic) bond motifs is 1. The summed E-state index contributed by atoms with van der Waals surface area (Å²) < 4.78 is 13.9. The number of piperazine rings is 1. The predicted molar refractivity (Wildman–Crippen MR) is 133 cm³/mol. The second-order valence-corrected chi connectivity index (χ2v) is 9.65. The zero-order valence-corrected chi connectivity index (χ0v) is 20.0. The summed E-state index contributed by atoms with van der Waals surface area (Å²) in [6.45, 7) is 8.36. The first-order valence-electron chi connectivity index (χ1n) is 12.2. The SMILES string of the molecule is Cc1[nH]c2c(NCc3ccc(F)cc3C3CC3)cc(C(=O)N3CCN(CCO)CC3)cc2c1C. The van der Waals surface area contributed by atoms with E-state index in [-0.39, 0.29) is 18.3 Å². The van der Waals surface area contributed by atoms with E-state index in [2.05, 4.69) is 22.1 Å². The lowest BCUT2D eigenvalue weighted by Crippen LogP contribution is -2.49. The van der Waals surface area contributed by atoms with Crippen molar-refractivity contribution in [2.45, 2.75) is 39.2 Å². The number of nitrogens with zero attached hydrogens (tertiary/aromatic N) is 2. The van der Waals surface area contributed by atoms with Gasteiger partial charge in [0.05, 0.1) is 17.8 Å². The minimum Gasteiger partial charge on any atom is -0.395 e. The normalized spacial score (nSPS) is 16.9. The van der Waals surface area contributed by atoms with Gasteiger partial charge >= 0.3 is 0 Å². The third kappa shape index (κ3) is 4.55. The van der Waals surface area contributed by atoms with Crippen molar-refractivity contribution in [2.75, 3.05) is 44.6 Å². The van der Waals surface area contributed by atoms with Crippen molar-refractivity contribution in [1.29, 1.82) is 0 Å². The molecule has 6 nitrogen and oxygen atoms in total. The molecule has 0 spiro atoms. The molecule has 5 rings (SSSR count). The Balaban J connectivity index is 1.42. The first-order valence-corrected chi connectivity index (χ1v) is 12.2. The number of aryl methyl sites for hydroxylation is 2. The first-order chi connectivity index (χ1) is 16.4. The lowest BCUT2D eigenvalue weighted by Gasteiger charge is -2.34. The van der Waals surface area contributed by atoms with E-state index < -0.39 is 0 Å². The van der Waals surface area contributed by atoms with Crippen LogP contribution in [-0.4, -0.2) is 65.1 Å². The number of benzene rings is 2. The van der Waals surface area contributed by atoms with E-state index in [0.29, 0.717) is 37.7 Å². The van der Waals surface area contributed by atoms with Gasteiger partial charge in [0.25, 0.3) is 5.91 Å². The number of amides is 1. The Hall–Kier alpha value is -2.90. The van der Waals surface area contributed by atoms with Crippen molar-refractivity contribution in [2.24, 2.45) is 0 Å². The number of anilines is 1. The molecular weight excluding hydrogens is 431 g/mol. The number of carbonyl (C=O) groups excluding carboxylic acids is 1. The Kier molecular flexibility index (Phi) is 6.32. The van der Waals surface area contributed by atoms with Crippen LogP contribution in [0.15, 0.2) is 30.3 Å². The van der Waals surface area contributed by atoms with Crippen LogP contribution in [0.4, 0.5) is 10.1 Å². The van der Waals surface area contributed by atoms with Crippen molar-refractivity contribution in [3.63, 3.8) is 0 Å². The molecule has 1 saturated carbocycles. The lowest BCUT2D eigenvalue weighted by molar-refractivity contribution is 0.0615. The van der Waals surface area contributed by atoms with Crippen LogP contribution in [0.1, 0.15) is 51.5 Å². The molecule has 180 valence electrons.